The Morgan fingerprint density at radius 3 is 2.00 bits per heavy atom. The second-order valence-electron chi connectivity index (χ2n) is 6.54. The van der Waals surface area contributed by atoms with Crippen LogP contribution >= 0.6 is 11.8 Å². The van der Waals surface area contributed by atoms with Gasteiger partial charge in [0.1, 0.15) is 0 Å². The molecule has 21 heavy (non-hydrogen) atoms. The van der Waals surface area contributed by atoms with Gasteiger partial charge in [-0.1, -0.05) is 19.9 Å². The maximum atomic E-state index is 14.3. The van der Waals surface area contributed by atoms with Gasteiger partial charge in [0, 0.05) is 15.6 Å². The van der Waals surface area contributed by atoms with Gasteiger partial charge in [0.2, 0.25) is 0 Å². The van der Waals surface area contributed by atoms with E-state index in [1.165, 1.54) is 11.8 Å². The van der Waals surface area contributed by atoms with Crippen molar-refractivity contribution in [2.45, 2.75) is 62.9 Å². The predicted molar refractivity (Wildman–Crippen MR) is 83.1 cm³/mol. The molecule has 0 atom stereocenters. The summed E-state index contributed by atoms with van der Waals surface area (Å²) in [6.45, 7) is 11.4. The number of hydrogen-bond acceptors (Lipinski definition) is 3. The molecule has 1 heterocycles. The molecular formula is C15H21BF2O2S. The zero-order valence-corrected chi connectivity index (χ0v) is 14.1. The summed E-state index contributed by atoms with van der Waals surface area (Å²) >= 11 is 1.29. The number of benzene rings is 1. The minimum atomic E-state index is -0.890. The Morgan fingerprint density at radius 1 is 1.00 bits per heavy atom. The highest BCUT2D eigenvalue weighted by Crippen LogP contribution is 2.37. The first-order valence-electron chi connectivity index (χ1n) is 7.05. The average Bonchev–Trinajstić information content (AvgIpc) is 2.54. The smallest absolute Gasteiger partial charge is 0.399 e. The molecule has 0 bridgehead atoms. The summed E-state index contributed by atoms with van der Waals surface area (Å²) in [5.74, 6) is -1.72. The first kappa shape index (κ1) is 16.8. The zero-order chi connectivity index (χ0) is 16.0. The van der Waals surface area contributed by atoms with Crippen LogP contribution in [0.15, 0.2) is 17.0 Å². The standard InChI is InChI=1S/C15H21BF2O2S/c1-9(2)21-11-8-7-10(12(17)13(11)18)16-19-14(3,4)15(5,6)20-16/h7-9H,1-6H3. The summed E-state index contributed by atoms with van der Waals surface area (Å²) in [7, 11) is -0.886. The van der Waals surface area contributed by atoms with Crippen molar-refractivity contribution in [1.29, 1.82) is 0 Å². The first-order chi connectivity index (χ1) is 9.55. The molecule has 0 saturated carbocycles. The van der Waals surface area contributed by atoms with Crippen molar-refractivity contribution in [3.8, 4) is 0 Å². The van der Waals surface area contributed by atoms with Crippen LogP contribution < -0.4 is 5.46 Å². The highest BCUT2D eigenvalue weighted by molar-refractivity contribution is 7.99. The molecule has 6 heteroatoms. The molecule has 0 spiro atoms. The van der Waals surface area contributed by atoms with Gasteiger partial charge in [-0.15, -0.1) is 11.8 Å². The van der Waals surface area contributed by atoms with Gasteiger partial charge in [-0.3, -0.25) is 0 Å². The summed E-state index contributed by atoms with van der Waals surface area (Å²) in [5.41, 5.74) is -1.04. The van der Waals surface area contributed by atoms with Gasteiger partial charge < -0.3 is 9.31 Å². The van der Waals surface area contributed by atoms with E-state index in [4.69, 9.17) is 9.31 Å². The third kappa shape index (κ3) is 3.12. The third-order valence-electron chi connectivity index (χ3n) is 3.95. The molecule has 1 aromatic carbocycles. The fraction of sp³-hybridized carbons (Fsp3) is 0.600. The van der Waals surface area contributed by atoms with Crippen molar-refractivity contribution >= 4 is 24.3 Å². The fourth-order valence-electron chi connectivity index (χ4n) is 2.04. The van der Waals surface area contributed by atoms with E-state index >= 15 is 0 Å². The molecule has 0 aromatic heterocycles. The van der Waals surface area contributed by atoms with Crippen molar-refractivity contribution in [3.63, 3.8) is 0 Å². The molecule has 1 aliphatic heterocycles. The summed E-state index contributed by atoms with van der Waals surface area (Å²) in [4.78, 5) is 0.308. The molecule has 1 saturated heterocycles. The normalized spacial score (nSPS) is 20.3. The third-order valence-corrected chi connectivity index (χ3v) is 4.99. The maximum absolute atomic E-state index is 14.3. The SMILES string of the molecule is CC(C)Sc1ccc(B2OC(C)(C)C(C)(C)O2)c(F)c1F. The minimum Gasteiger partial charge on any atom is -0.399 e. The second-order valence-corrected chi connectivity index (χ2v) is 8.15. The van der Waals surface area contributed by atoms with Crippen LogP contribution in [-0.4, -0.2) is 23.6 Å². The summed E-state index contributed by atoms with van der Waals surface area (Å²) in [6.07, 6.45) is 0. The molecule has 0 radical (unpaired) electrons. The number of rotatable bonds is 3. The molecule has 1 aliphatic rings. The van der Waals surface area contributed by atoms with Crippen LogP contribution in [-0.2, 0) is 9.31 Å². The maximum Gasteiger partial charge on any atom is 0.497 e. The lowest BCUT2D eigenvalue weighted by Crippen LogP contribution is -2.41. The molecule has 0 aliphatic carbocycles. The Hall–Kier alpha value is -0.585. The topological polar surface area (TPSA) is 18.5 Å². The Labute approximate surface area is 129 Å². The van der Waals surface area contributed by atoms with Crippen molar-refractivity contribution in [3.05, 3.63) is 23.8 Å². The van der Waals surface area contributed by atoms with Gasteiger partial charge in [-0.05, 0) is 33.8 Å². The van der Waals surface area contributed by atoms with Crippen LogP contribution in [0.5, 0.6) is 0 Å². The number of thioether (sulfide) groups is 1. The fourth-order valence-corrected chi connectivity index (χ4v) is 2.89. The zero-order valence-electron chi connectivity index (χ0n) is 13.3. The van der Waals surface area contributed by atoms with Gasteiger partial charge in [0.05, 0.1) is 11.2 Å². The van der Waals surface area contributed by atoms with Crippen LogP contribution in [0.1, 0.15) is 41.5 Å². The van der Waals surface area contributed by atoms with Crippen LogP contribution in [0, 0.1) is 11.6 Å². The van der Waals surface area contributed by atoms with Gasteiger partial charge in [-0.25, -0.2) is 8.78 Å². The predicted octanol–water partition coefficient (Wildman–Crippen LogP) is 3.76. The summed E-state index contributed by atoms with van der Waals surface area (Å²) < 4.78 is 40.0. The summed E-state index contributed by atoms with van der Waals surface area (Å²) in [6, 6.07) is 3.13. The molecule has 1 fully saturated rings. The minimum absolute atomic E-state index is 0.110. The lowest BCUT2D eigenvalue weighted by atomic mass is 9.78. The highest BCUT2D eigenvalue weighted by atomic mass is 32.2. The monoisotopic (exact) mass is 314 g/mol. The van der Waals surface area contributed by atoms with Gasteiger partial charge >= 0.3 is 7.12 Å². The lowest BCUT2D eigenvalue weighted by molar-refractivity contribution is 0.00578. The quantitative estimate of drug-likeness (QED) is 0.625. The second kappa shape index (κ2) is 5.56. The average molecular weight is 314 g/mol. The Morgan fingerprint density at radius 2 is 1.52 bits per heavy atom. The molecule has 0 N–H and O–H groups in total. The molecule has 0 amide bonds. The van der Waals surface area contributed by atoms with E-state index in [9.17, 15) is 8.78 Å². The van der Waals surface area contributed by atoms with Crippen LogP contribution in [0.2, 0.25) is 0 Å². The van der Waals surface area contributed by atoms with Crippen molar-refractivity contribution in [2.24, 2.45) is 0 Å². The van der Waals surface area contributed by atoms with E-state index in [0.717, 1.165) is 0 Å². The first-order valence-corrected chi connectivity index (χ1v) is 7.93. The molecule has 2 nitrogen and oxygen atoms in total. The van der Waals surface area contributed by atoms with Crippen LogP contribution in [0.25, 0.3) is 0 Å². The van der Waals surface area contributed by atoms with E-state index in [1.807, 2.05) is 41.5 Å². The molecular weight excluding hydrogens is 293 g/mol. The molecule has 1 aromatic rings. The van der Waals surface area contributed by atoms with Crippen molar-refractivity contribution in [2.75, 3.05) is 0 Å². The highest BCUT2D eigenvalue weighted by Gasteiger charge is 2.52. The molecule has 116 valence electrons. The van der Waals surface area contributed by atoms with E-state index in [0.29, 0.717) is 4.90 Å². The van der Waals surface area contributed by atoms with Gasteiger partial charge in [0.15, 0.2) is 11.6 Å². The number of halogens is 2. The van der Waals surface area contributed by atoms with E-state index in [1.54, 1.807) is 12.1 Å². The summed E-state index contributed by atoms with van der Waals surface area (Å²) in [5, 5.41) is 0.182. The van der Waals surface area contributed by atoms with E-state index in [2.05, 4.69) is 0 Å². The van der Waals surface area contributed by atoms with Crippen molar-refractivity contribution in [1.82, 2.24) is 0 Å². The van der Waals surface area contributed by atoms with Gasteiger partial charge in [-0.2, -0.15) is 0 Å². The lowest BCUT2D eigenvalue weighted by Gasteiger charge is -2.32. The van der Waals surface area contributed by atoms with E-state index < -0.39 is 30.0 Å². The Kier molecular flexibility index (Phi) is 4.44. The largest absolute Gasteiger partial charge is 0.497 e. The Bertz CT molecular complexity index is 531. The Balaban J connectivity index is 2.33. The van der Waals surface area contributed by atoms with E-state index in [-0.39, 0.29) is 10.7 Å². The molecule has 2 rings (SSSR count). The van der Waals surface area contributed by atoms with Gasteiger partial charge in [0.25, 0.3) is 0 Å². The van der Waals surface area contributed by atoms with Crippen LogP contribution in [0.3, 0.4) is 0 Å². The van der Waals surface area contributed by atoms with Crippen molar-refractivity contribution < 1.29 is 18.1 Å². The molecule has 0 unspecified atom stereocenters. The number of hydrogen-bond donors (Lipinski definition) is 0. The van der Waals surface area contributed by atoms with Crippen LogP contribution in [0.4, 0.5) is 8.78 Å².